The molecule has 0 aliphatic carbocycles. The molecule has 2 N–H and O–H groups in total. The van der Waals surface area contributed by atoms with Crippen molar-refractivity contribution < 1.29 is 14.3 Å². The topological polar surface area (TPSA) is 93.2 Å². The standard InChI is InChI=1S/C21H30N4O3S/c1-13(2)11-16(25-20(27)28-21(4,5)6)18(26)23-14(3)19-24-17(12-29-19)15-7-9-22-10-8-15/h7-10,12-14,16H,11H2,1-6H3,(H,23,26)(H,25,27). The zero-order valence-electron chi connectivity index (χ0n) is 17.9. The number of hydrogen-bond acceptors (Lipinski definition) is 6. The van der Waals surface area contributed by atoms with E-state index in [0.717, 1.165) is 16.3 Å². The summed E-state index contributed by atoms with van der Waals surface area (Å²) in [5.74, 6) is -0.0214. The van der Waals surface area contributed by atoms with Crippen molar-refractivity contribution in [1.29, 1.82) is 0 Å². The number of amides is 2. The number of ether oxygens (including phenoxy) is 1. The van der Waals surface area contributed by atoms with Crippen LogP contribution >= 0.6 is 11.3 Å². The van der Waals surface area contributed by atoms with Gasteiger partial charge in [0.25, 0.3) is 0 Å². The second-order valence-electron chi connectivity index (χ2n) is 8.37. The summed E-state index contributed by atoms with van der Waals surface area (Å²) in [7, 11) is 0. The van der Waals surface area contributed by atoms with Crippen LogP contribution in [-0.4, -0.2) is 33.6 Å². The lowest BCUT2D eigenvalue weighted by Gasteiger charge is -2.25. The fourth-order valence-electron chi connectivity index (χ4n) is 2.67. The molecule has 0 spiro atoms. The monoisotopic (exact) mass is 418 g/mol. The van der Waals surface area contributed by atoms with Crippen molar-refractivity contribution in [3.63, 3.8) is 0 Å². The number of carbonyl (C=O) groups is 2. The number of aromatic nitrogens is 2. The van der Waals surface area contributed by atoms with E-state index in [4.69, 9.17) is 4.74 Å². The van der Waals surface area contributed by atoms with Gasteiger partial charge in [0.1, 0.15) is 16.7 Å². The van der Waals surface area contributed by atoms with E-state index in [1.807, 2.05) is 38.3 Å². The second kappa shape index (κ2) is 9.82. The van der Waals surface area contributed by atoms with Gasteiger partial charge in [0.2, 0.25) is 5.91 Å². The second-order valence-corrected chi connectivity index (χ2v) is 9.26. The molecule has 2 heterocycles. The number of hydrogen-bond donors (Lipinski definition) is 2. The van der Waals surface area contributed by atoms with Crippen molar-refractivity contribution in [2.24, 2.45) is 5.92 Å². The predicted octanol–water partition coefficient (Wildman–Crippen LogP) is 4.32. The first-order chi connectivity index (χ1) is 13.5. The number of carbonyl (C=O) groups excluding carboxylic acids is 2. The zero-order valence-corrected chi connectivity index (χ0v) is 18.7. The smallest absolute Gasteiger partial charge is 0.408 e. The molecule has 158 valence electrons. The van der Waals surface area contributed by atoms with Gasteiger partial charge >= 0.3 is 6.09 Å². The molecule has 0 bridgehead atoms. The van der Waals surface area contributed by atoms with Gasteiger partial charge < -0.3 is 15.4 Å². The van der Waals surface area contributed by atoms with E-state index >= 15 is 0 Å². The fraction of sp³-hybridized carbons (Fsp3) is 0.524. The molecule has 0 saturated carbocycles. The highest BCUT2D eigenvalue weighted by Gasteiger charge is 2.26. The fourth-order valence-corrected chi connectivity index (χ4v) is 3.51. The van der Waals surface area contributed by atoms with Gasteiger partial charge in [0, 0.05) is 23.3 Å². The molecule has 2 aromatic heterocycles. The maximum atomic E-state index is 12.8. The number of nitrogens with zero attached hydrogens (tertiary/aromatic N) is 2. The molecule has 2 atom stereocenters. The van der Waals surface area contributed by atoms with E-state index in [1.54, 1.807) is 33.2 Å². The molecule has 29 heavy (non-hydrogen) atoms. The van der Waals surface area contributed by atoms with Crippen molar-refractivity contribution >= 4 is 23.3 Å². The third-order valence-corrected chi connectivity index (χ3v) is 4.97. The van der Waals surface area contributed by atoms with Crippen LogP contribution in [-0.2, 0) is 9.53 Å². The highest BCUT2D eigenvalue weighted by Crippen LogP contribution is 2.25. The van der Waals surface area contributed by atoms with Gasteiger partial charge in [0.15, 0.2) is 0 Å². The normalized spacial score (nSPS) is 13.6. The van der Waals surface area contributed by atoms with Gasteiger partial charge in [0.05, 0.1) is 11.7 Å². The first-order valence-corrected chi connectivity index (χ1v) is 10.6. The molecule has 0 aliphatic heterocycles. The van der Waals surface area contributed by atoms with Crippen LogP contribution in [0.2, 0.25) is 0 Å². The minimum atomic E-state index is -0.674. The lowest BCUT2D eigenvalue weighted by molar-refractivity contribution is -0.124. The molecule has 7 nitrogen and oxygen atoms in total. The third-order valence-electron chi connectivity index (χ3n) is 3.94. The molecular formula is C21H30N4O3S. The van der Waals surface area contributed by atoms with Crippen LogP contribution in [0.1, 0.15) is 59.0 Å². The van der Waals surface area contributed by atoms with E-state index in [-0.39, 0.29) is 17.9 Å². The third kappa shape index (κ3) is 7.45. The van der Waals surface area contributed by atoms with Crippen molar-refractivity contribution in [3.05, 3.63) is 34.9 Å². The van der Waals surface area contributed by atoms with E-state index < -0.39 is 17.7 Å². The number of alkyl carbamates (subject to hydrolysis) is 1. The molecule has 0 saturated heterocycles. The minimum absolute atomic E-state index is 0.231. The van der Waals surface area contributed by atoms with Gasteiger partial charge in [-0.25, -0.2) is 9.78 Å². The molecule has 0 aromatic carbocycles. The van der Waals surface area contributed by atoms with Gasteiger partial charge in [-0.15, -0.1) is 11.3 Å². The Balaban J connectivity index is 2.04. The Morgan fingerprint density at radius 1 is 1.14 bits per heavy atom. The summed E-state index contributed by atoms with van der Waals surface area (Å²) in [4.78, 5) is 33.6. The van der Waals surface area contributed by atoms with Crippen LogP contribution in [0, 0.1) is 5.92 Å². The van der Waals surface area contributed by atoms with Crippen molar-refractivity contribution in [1.82, 2.24) is 20.6 Å². The zero-order chi connectivity index (χ0) is 21.6. The Labute approximate surface area is 176 Å². The van der Waals surface area contributed by atoms with Crippen LogP contribution in [0.4, 0.5) is 4.79 Å². The Morgan fingerprint density at radius 2 is 1.79 bits per heavy atom. The summed E-state index contributed by atoms with van der Waals surface area (Å²) in [6, 6.07) is 2.84. The summed E-state index contributed by atoms with van der Waals surface area (Å²) in [5.41, 5.74) is 1.20. The average Bonchev–Trinajstić information content (AvgIpc) is 3.10. The maximum absolute atomic E-state index is 12.8. The van der Waals surface area contributed by atoms with Crippen LogP contribution in [0.3, 0.4) is 0 Å². The van der Waals surface area contributed by atoms with Gasteiger partial charge in [-0.3, -0.25) is 9.78 Å². The number of pyridine rings is 1. The molecule has 0 fully saturated rings. The number of nitrogens with one attached hydrogen (secondary N) is 2. The first-order valence-electron chi connectivity index (χ1n) is 9.71. The molecule has 8 heteroatoms. The van der Waals surface area contributed by atoms with E-state index in [9.17, 15) is 9.59 Å². The Kier molecular flexibility index (Phi) is 7.73. The van der Waals surface area contributed by atoms with E-state index in [0.29, 0.717) is 6.42 Å². The number of thiazole rings is 1. The molecule has 2 unspecified atom stereocenters. The molecule has 2 aromatic rings. The molecule has 2 rings (SSSR count). The van der Waals surface area contributed by atoms with Crippen LogP contribution in [0.25, 0.3) is 11.3 Å². The summed E-state index contributed by atoms with van der Waals surface area (Å²) in [6.07, 6.45) is 3.36. The summed E-state index contributed by atoms with van der Waals surface area (Å²) in [6.45, 7) is 11.2. The van der Waals surface area contributed by atoms with E-state index in [1.165, 1.54) is 11.3 Å². The summed E-state index contributed by atoms with van der Waals surface area (Å²) in [5, 5.41) is 8.41. The first kappa shape index (κ1) is 22.8. The minimum Gasteiger partial charge on any atom is -0.444 e. The lowest BCUT2D eigenvalue weighted by Crippen LogP contribution is -2.49. The summed E-state index contributed by atoms with van der Waals surface area (Å²) < 4.78 is 5.30. The predicted molar refractivity (Wildman–Crippen MR) is 115 cm³/mol. The van der Waals surface area contributed by atoms with Crippen molar-refractivity contribution in [2.75, 3.05) is 0 Å². The van der Waals surface area contributed by atoms with Crippen molar-refractivity contribution in [3.8, 4) is 11.3 Å². The largest absolute Gasteiger partial charge is 0.444 e. The quantitative estimate of drug-likeness (QED) is 0.698. The molecule has 2 amide bonds. The SMILES string of the molecule is CC(C)CC(NC(=O)OC(C)(C)C)C(=O)NC(C)c1nc(-c2ccncc2)cs1. The lowest BCUT2D eigenvalue weighted by atomic mass is 10.0. The number of rotatable bonds is 7. The Hall–Kier alpha value is -2.48. The highest BCUT2D eigenvalue weighted by molar-refractivity contribution is 7.10. The van der Waals surface area contributed by atoms with Gasteiger partial charge in [-0.1, -0.05) is 13.8 Å². The van der Waals surface area contributed by atoms with Crippen molar-refractivity contribution in [2.45, 2.75) is 65.6 Å². The molecule has 0 radical (unpaired) electrons. The Bertz CT molecular complexity index is 815. The van der Waals surface area contributed by atoms with Crippen LogP contribution in [0.15, 0.2) is 29.9 Å². The van der Waals surface area contributed by atoms with Gasteiger partial charge in [-0.05, 0) is 52.2 Å². The molecule has 0 aliphatic rings. The highest BCUT2D eigenvalue weighted by atomic mass is 32.1. The molecular weight excluding hydrogens is 388 g/mol. The summed E-state index contributed by atoms with van der Waals surface area (Å²) >= 11 is 1.48. The van der Waals surface area contributed by atoms with Gasteiger partial charge in [-0.2, -0.15) is 0 Å². The van der Waals surface area contributed by atoms with Crippen LogP contribution in [0.5, 0.6) is 0 Å². The Morgan fingerprint density at radius 3 is 2.38 bits per heavy atom. The maximum Gasteiger partial charge on any atom is 0.408 e. The van der Waals surface area contributed by atoms with E-state index in [2.05, 4.69) is 20.6 Å². The van der Waals surface area contributed by atoms with Crippen LogP contribution < -0.4 is 10.6 Å². The average molecular weight is 419 g/mol.